The van der Waals surface area contributed by atoms with E-state index in [1.165, 1.54) is 0 Å². The van der Waals surface area contributed by atoms with Crippen LogP contribution in [0.5, 0.6) is 0 Å². The van der Waals surface area contributed by atoms with Gasteiger partial charge in [-0.3, -0.25) is 14.9 Å². The second-order valence-corrected chi connectivity index (χ2v) is 5.09. The molecule has 1 heterocycles. The fourth-order valence-electron chi connectivity index (χ4n) is 2.09. The van der Waals surface area contributed by atoms with Crippen LogP contribution in [0.4, 0.5) is 5.69 Å². The van der Waals surface area contributed by atoms with E-state index in [4.69, 9.17) is 9.32 Å². The number of hydrogen-bond acceptors (Lipinski definition) is 5. The van der Waals surface area contributed by atoms with Crippen LogP contribution in [-0.4, -0.2) is 17.5 Å². The highest BCUT2D eigenvalue weighted by molar-refractivity contribution is 7.92. The molecule has 1 aromatic carbocycles. The first-order valence-electron chi connectivity index (χ1n) is 6.93. The highest BCUT2D eigenvalue weighted by Crippen LogP contribution is 2.20. The van der Waals surface area contributed by atoms with Crippen LogP contribution in [0.1, 0.15) is 25.7 Å². The van der Waals surface area contributed by atoms with E-state index < -0.39 is 0 Å². The van der Waals surface area contributed by atoms with E-state index in [2.05, 4.69) is 10.3 Å². The Balaban J connectivity index is 1.82. The third-order valence-corrected chi connectivity index (χ3v) is 3.41. The van der Waals surface area contributed by atoms with Gasteiger partial charge in [0, 0.05) is 18.0 Å². The van der Waals surface area contributed by atoms with Crippen LogP contribution in [0.2, 0.25) is 0 Å². The first-order chi connectivity index (χ1) is 10.3. The summed E-state index contributed by atoms with van der Waals surface area (Å²) in [6, 6.07) is 9.64. The number of pyridine rings is 1. The fraction of sp³-hybridized carbons (Fsp3) is 0.333. The molecule has 2 rings (SSSR count). The van der Waals surface area contributed by atoms with Gasteiger partial charge in [0.2, 0.25) is 5.91 Å². The predicted molar refractivity (Wildman–Crippen MR) is 86.6 cm³/mol. The molecule has 1 aromatic heterocycles. The molecular weight excluding hydrogens is 286 g/mol. The number of rotatable bonds is 8. The normalized spacial score (nSPS) is 10.7. The summed E-state index contributed by atoms with van der Waals surface area (Å²) in [6.45, 7) is 0.621. The minimum absolute atomic E-state index is 0.0160. The summed E-state index contributed by atoms with van der Waals surface area (Å²) in [7, 11) is 0. The molecule has 0 saturated heterocycles. The number of unbranched alkanes of at least 4 members (excludes halogenated alkanes) is 2. The van der Waals surface area contributed by atoms with Crippen molar-refractivity contribution in [3.8, 4) is 0 Å². The molecule has 0 atom stereocenters. The van der Waals surface area contributed by atoms with Gasteiger partial charge in [-0.25, -0.2) is 0 Å². The zero-order valence-electron chi connectivity index (χ0n) is 11.7. The van der Waals surface area contributed by atoms with Gasteiger partial charge in [-0.2, -0.15) is 0 Å². The second kappa shape index (κ2) is 8.61. The molecule has 3 N–H and O–H groups in total. The summed E-state index contributed by atoms with van der Waals surface area (Å²) in [5, 5.41) is 9.10. The molecule has 0 bridgehead atoms. The van der Waals surface area contributed by atoms with E-state index in [0.29, 0.717) is 13.0 Å². The molecule has 0 saturated carbocycles. The van der Waals surface area contributed by atoms with Crippen molar-refractivity contribution in [2.75, 3.05) is 11.9 Å². The van der Waals surface area contributed by atoms with Gasteiger partial charge in [-0.15, -0.1) is 0 Å². The monoisotopic (exact) mass is 305 g/mol. The number of aromatic nitrogens is 1. The lowest BCUT2D eigenvalue weighted by Crippen LogP contribution is -2.11. The largest absolute Gasteiger partial charge is 0.324 e. The number of nitrogens with one attached hydrogen (secondary N) is 1. The number of carbonyl (C=O) groups is 1. The molecule has 0 spiro atoms. The van der Waals surface area contributed by atoms with E-state index in [1.807, 2.05) is 30.3 Å². The fourth-order valence-corrected chi connectivity index (χ4v) is 2.30. The third-order valence-electron chi connectivity index (χ3n) is 3.11. The Hall–Kier alpha value is -1.63. The van der Waals surface area contributed by atoms with E-state index in [0.717, 1.165) is 48.1 Å². The molecule has 0 fully saturated rings. The molecule has 21 heavy (non-hydrogen) atoms. The lowest BCUT2D eigenvalue weighted by Gasteiger charge is -2.07. The van der Waals surface area contributed by atoms with Gasteiger partial charge in [0.15, 0.2) is 0 Å². The second-order valence-electron chi connectivity index (χ2n) is 4.66. The lowest BCUT2D eigenvalue weighted by atomic mass is 10.1. The number of benzene rings is 1. The molecule has 0 aliphatic carbocycles. The maximum Gasteiger partial charge on any atom is 0.224 e. The molecule has 0 radical (unpaired) electrons. The molecular formula is C15H19N3O2S. The summed E-state index contributed by atoms with van der Waals surface area (Å²) in [5.74, 6) is 0.0160. The number of amides is 1. The summed E-state index contributed by atoms with van der Waals surface area (Å²) in [4.78, 5) is 16.3. The summed E-state index contributed by atoms with van der Waals surface area (Å²) in [5.41, 5.74) is 1.59. The Kier molecular flexibility index (Phi) is 6.46. The minimum atomic E-state index is 0.0160. The lowest BCUT2D eigenvalue weighted by molar-refractivity contribution is -0.116. The van der Waals surface area contributed by atoms with Crippen molar-refractivity contribution in [2.45, 2.75) is 25.7 Å². The Morgan fingerprint density at radius 3 is 2.95 bits per heavy atom. The topological polar surface area (TPSA) is 77.2 Å². The van der Waals surface area contributed by atoms with Crippen molar-refractivity contribution in [1.29, 1.82) is 0 Å². The first kappa shape index (κ1) is 15.8. The molecule has 1 amide bonds. The van der Waals surface area contributed by atoms with Gasteiger partial charge in [0.25, 0.3) is 0 Å². The number of nitrogens with zero attached hydrogens (tertiary/aromatic N) is 1. The van der Waals surface area contributed by atoms with E-state index in [1.54, 1.807) is 6.20 Å². The van der Waals surface area contributed by atoms with Crippen LogP contribution >= 0.6 is 12.2 Å². The zero-order chi connectivity index (χ0) is 14.9. The van der Waals surface area contributed by atoms with Gasteiger partial charge in [0.05, 0.1) is 30.0 Å². The smallest absolute Gasteiger partial charge is 0.224 e. The van der Waals surface area contributed by atoms with Crippen LogP contribution in [0.25, 0.3) is 10.9 Å². The third kappa shape index (κ3) is 5.00. The molecule has 0 aliphatic rings. The van der Waals surface area contributed by atoms with Crippen molar-refractivity contribution in [3.63, 3.8) is 0 Å². The summed E-state index contributed by atoms with van der Waals surface area (Å²) < 4.78 is 4.97. The Labute approximate surface area is 128 Å². The Bertz CT molecular complexity index is 587. The molecule has 0 unspecified atom stereocenters. The molecule has 112 valence electrons. The van der Waals surface area contributed by atoms with Crippen molar-refractivity contribution >= 4 is 34.7 Å². The molecule has 2 aromatic rings. The number of para-hydroxylation sites is 1. The Morgan fingerprint density at radius 2 is 2.10 bits per heavy atom. The van der Waals surface area contributed by atoms with Crippen LogP contribution in [-0.2, 0) is 8.98 Å². The Morgan fingerprint density at radius 1 is 1.24 bits per heavy atom. The molecule has 6 heteroatoms. The SMILES string of the molecule is NSOCCCCCC(=O)Nc1cccc2cccnc12. The highest BCUT2D eigenvalue weighted by atomic mass is 32.2. The maximum atomic E-state index is 12.0. The van der Waals surface area contributed by atoms with Crippen LogP contribution in [0.3, 0.4) is 0 Å². The van der Waals surface area contributed by atoms with Gasteiger partial charge >= 0.3 is 0 Å². The van der Waals surface area contributed by atoms with Crippen molar-refractivity contribution < 1.29 is 8.98 Å². The number of nitrogens with two attached hydrogens (primary N) is 1. The van der Waals surface area contributed by atoms with Gasteiger partial charge in [0.1, 0.15) is 0 Å². The van der Waals surface area contributed by atoms with Crippen LogP contribution < -0.4 is 10.5 Å². The van der Waals surface area contributed by atoms with Crippen molar-refractivity contribution in [2.24, 2.45) is 5.14 Å². The van der Waals surface area contributed by atoms with E-state index in [-0.39, 0.29) is 5.91 Å². The minimum Gasteiger partial charge on any atom is -0.324 e. The number of carbonyl (C=O) groups excluding carboxylic acids is 1. The van der Waals surface area contributed by atoms with Crippen molar-refractivity contribution in [3.05, 3.63) is 36.5 Å². The standard InChI is InChI=1S/C15H19N3O2S/c16-21-20-11-3-1-2-9-14(19)18-13-8-4-6-12-7-5-10-17-15(12)13/h4-8,10H,1-3,9,11,16H2,(H,18,19). The highest BCUT2D eigenvalue weighted by Gasteiger charge is 2.06. The summed E-state index contributed by atoms with van der Waals surface area (Å²) in [6.07, 6.45) is 4.92. The average Bonchev–Trinajstić information content (AvgIpc) is 2.51. The number of fused-ring (bicyclic) bond motifs is 1. The number of hydrogen-bond donors (Lipinski definition) is 2. The van der Waals surface area contributed by atoms with E-state index in [9.17, 15) is 4.79 Å². The zero-order valence-corrected chi connectivity index (χ0v) is 12.6. The van der Waals surface area contributed by atoms with Gasteiger partial charge < -0.3 is 9.50 Å². The van der Waals surface area contributed by atoms with Crippen LogP contribution in [0.15, 0.2) is 36.5 Å². The van der Waals surface area contributed by atoms with Gasteiger partial charge in [-0.05, 0) is 25.0 Å². The first-order valence-corrected chi connectivity index (χ1v) is 7.73. The number of anilines is 1. The maximum absolute atomic E-state index is 12.0. The summed E-state index contributed by atoms with van der Waals surface area (Å²) >= 11 is 0.883. The van der Waals surface area contributed by atoms with Crippen molar-refractivity contribution in [1.82, 2.24) is 4.98 Å². The molecule has 0 aliphatic heterocycles. The average molecular weight is 305 g/mol. The predicted octanol–water partition coefficient (Wildman–Crippen LogP) is 3.27. The molecule has 5 nitrogen and oxygen atoms in total. The van der Waals surface area contributed by atoms with Crippen LogP contribution in [0, 0.1) is 0 Å². The van der Waals surface area contributed by atoms with E-state index >= 15 is 0 Å². The van der Waals surface area contributed by atoms with Gasteiger partial charge in [-0.1, -0.05) is 24.6 Å². The quantitative estimate of drug-likeness (QED) is 0.444.